The molecule has 0 saturated carbocycles. The lowest BCUT2D eigenvalue weighted by molar-refractivity contribution is -0.108. The largest absolute Gasteiger partial charge is 0.444 e. The van der Waals surface area contributed by atoms with Crippen molar-refractivity contribution in [2.75, 3.05) is 0 Å². The molecule has 1 N–H and O–H groups in total. The molecule has 1 atom stereocenters. The number of carbonyl (C=O) groups excluding carboxylic acids is 2. The number of ether oxygens (including phenoxy) is 1. The molecule has 0 bridgehead atoms. The van der Waals surface area contributed by atoms with Gasteiger partial charge in [0.1, 0.15) is 11.9 Å². The molecule has 5 nitrogen and oxygen atoms in total. The minimum Gasteiger partial charge on any atom is -0.444 e. The van der Waals surface area contributed by atoms with Gasteiger partial charge in [-0.15, -0.1) is 11.3 Å². The van der Waals surface area contributed by atoms with E-state index in [-0.39, 0.29) is 6.42 Å². The lowest BCUT2D eigenvalue weighted by atomic mass is 10.1. The van der Waals surface area contributed by atoms with Gasteiger partial charge in [0, 0.05) is 11.8 Å². The number of alkyl carbamates (subject to hydrolysis) is 1. The van der Waals surface area contributed by atoms with E-state index < -0.39 is 17.7 Å². The molecule has 1 heterocycles. The molecule has 0 radical (unpaired) electrons. The van der Waals surface area contributed by atoms with Gasteiger partial charge in [-0.1, -0.05) is 0 Å². The summed E-state index contributed by atoms with van der Waals surface area (Å²) in [7, 11) is 0. The van der Waals surface area contributed by atoms with E-state index >= 15 is 0 Å². The SMILES string of the molecule is Cc1nc([C@H](CC=O)NC(=O)OC(C)(C)C)cs1. The van der Waals surface area contributed by atoms with E-state index in [1.807, 2.05) is 12.3 Å². The van der Waals surface area contributed by atoms with Gasteiger partial charge in [-0.2, -0.15) is 0 Å². The van der Waals surface area contributed by atoms with E-state index in [9.17, 15) is 9.59 Å². The molecule has 1 aromatic heterocycles. The molecule has 6 heteroatoms. The van der Waals surface area contributed by atoms with Crippen LogP contribution in [0.3, 0.4) is 0 Å². The zero-order valence-electron chi connectivity index (χ0n) is 11.0. The van der Waals surface area contributed by atoms with Gasteiger partial charge in [0.15, 0.2) is 0 Å². The summed E-state index contributed by atoms with van der Waals surface area (Å²) in [5, 5.41) is 5.39. The van der Waals surface area contributed by atoms with Gasteiger partial charge in [-0.05, 0) is 27.7 Å². The topological polar surface area (TPSA) is 68.3 Å². The molecule has 0 aromatic carbocycles. The van der Waals surface area contributed by atoms with Gasteiger partial charge in [-0.3, -0.25) is 0 Å². The zero-order valence-corrected chi connectivity index (χ0v) is 11.8. The molecule has 0 aliphatic carbocycles. The van der Waals surface area contributed by atoms with Gasteiger partial charge in [0.25, 0.3) is 0 Å². The second kappa shape index (κ2) is 5.95. The van der Waals surface area contributed by atoms with E-state index in [1.165, 1.54) is 11.3 Å². The monoisotopic (exact) mass is 270 g/mol. The van der Waals surface area contributed by atoms with Crippen molar-refractivity contribution in [2.24, 2.45) is 0 Å². The quantitative estimate of drug-likeness (QED) is 0.854. The molecule has 1 aromatic rings. The number of nitrogens with zero attached hydrogens (tertiary/aromatic N) is 1. The minimum atomic E-state index is -0.562. The number of aryl methyl sites for hydroxylation is 1. The van der Waals surface area contributed by atoms with Crippen molar-refractivity contribution in [2.45, 2.75) is 45.8 Å². The number of rotatable bonds is 4. The maximum atomic E-state index is 11.7. The second-order valence-corrected chi connectivity index (χ2v) is 5.95. The Morgan fingerprint density at radius 3 is 2.72 bits per heavy atom. The molecule has 0 fully saturated rings. The average Bonchev–Trinajstić information content (AvgIpc) is 2.61. The Kier molecular flexibility index (Phi) is 4.84. The predicted molar refractivity (Wildman–Crippen MR) is 69.6 cm³/mol. The van der Waals surface area contributed by atoms with Crippen LogP contribution >= 0.6 is 11.3 Å². The fourth-order valence-corrected chi connectivity index (χ4v) is 2.01. The predicted octanol–water partition coefficient (Wildman–Crippen LogP) is 2.61. The fraction of sp³-hybridized carbons (Fsp3) is 0.583. The number of aromatic nitrogens is 1. The molecular formula is C12H18N2O3S. The van der Waals surface area contributed by atoms with Crippen molar-refractivity contribution in [1.82, 2.24) is 10.3 Å². The summed E-state index contributed by atoms with van der Waals surface area (Å²) in [6, 6.07) is -0.428. The maximum absolute atomic E-state index is 11.7. The summed E-state index contributed by atoms with van der Waals surface area (Å²) >= 11 is 1.48. The van der Waals surface area contributed by atoms with Crippen LogP contribution in [-0.2, 0) is 9.53 Å². The van der Waals surface area contributed by atoms with Crippen molar-refractivity contribution in [1.29, 1.82) is 0 Å². The lowest BCUT2D eigenvalue weighted by Gasteiger charge is -2.22. The number of thiazole rings is 1. The van der Waals surface area contributed by atoms with Crippen LogP contribution < -0.4 is 5.32 Å². The van der Waals surface area contributed by atoms with E-state index in [2.05, 4.69) is 10.3 Å². The molecule has 0 unspecified atom stereocenters. The standard InChI is InChI=1S/C12H18N2O3S/c1-8-13-10(7-18-8)9(5-6-15)14-11(16)17-12(2,3)4/h6-7,9H,5H2,1-4H3,(H,14,16)/t9-/m0/s1. The number of aldehydes is 1. The minimum absolute atomic E-state index is 0.183. The van der Waals surface area contributed by atoms with Crippen LogP contribution in [-0.4, -0.2) is 23.0 Å². The number of nitrogens with one attached hydrogen (secondary N) is 1. The van der Waals surface area contributed by atoms with E-state index in [1.54, 1.807) is 20.8 Å². The number of amides is 1. The Hall–Kier alpha value is -1.43. The smallest absolute Gasteiger partial charge is 0.408 e. The molecular weight excluding hydrogens is 252 g/mol. The van der Waals surface area contributed by atoms with Crippen molar-refractivity contribution in [3.05, 3.63) is 16.1 Å². The highest BCUT2D eigenvalue weighted by Gasteiger charge is 2.21. The third-order valence-electron chi connectivity index (χ3n) is 2.02. The van der Waals surface area contributed by atoms with Crippen molar-refractivity contribution < 1.29 is 14.3 Å². The van der Waals surface area contributed by atoms with Gasteiger partial charge >= 0.3 is 6.09 Å². The van der Waals surface area contributed by atoms with Gasteiger partial charge in [0.05, 0.1) is 16.7 Å². The molecule has 0 aliphatic heterocycles. The molecule has 18 heavy (non-hydrogen) atoms. The molecule has 0 aliphatic rings. The first-order chi connectivity index (χ1) is 8.31. The summed E-state index contributed by atoms with van der Waals surface area (Å²) in [5.74, 6) is 0. The normalized spacial score (nSPS) is 12.9. The second-order valence-electron chi connectivity index (χ2n) is 4.89. The highest BCUT2D eigenvalue weighted by molar-refractivity contribution is 7.09. The Bertz CT molecular complexity index is 423. The molecule has 1 rings (SSSR count). The van der Waals surface area contributed by atoms with E-state index in [0.29, 0.717) is 5.69 Å². The average molecular weight is 270 g/mol. The van der Waals surface area contributed by atoms with Crippen LogP contribution in [0.1, 0.15) is 43.9 Å². The van der Waals surface area contributed by atoms with Gasteiger partial charge in [-0.25, -0.2) is 9.78 Å². The Labute approximate surface area is 111 Å². The molecule has 0 spiro atoms. The first-order valence-electron chi connectivity index (χ1n) is 5.67. The summed E-state index contributed by atoms with van der Waals surface area (Å²) < 4.78 is 5.15. The van der Waals surface area contributed by atoms with Gasteiger partial charge in [0.2, 0.25) is 0 Å². The third-order valence-corrected chi connectivity index (χ3v) is 2.81. The van der Waals surface area contributed by atoms with Crippen LogP contribution in [0.5, 0.6) is 0 Å². The first-order valence-corrected chi connectivity index (χ1v) is 6.55. The van der Waals surface area contributed by atoms with Crippen LogP contribution in [0.25, 0.3) is 0 Å². The molecule has 0 saturated heterocycles. The highest BCUT2D eigenvalue weighted by atomic mass is 32.1. The number of hydrogen-bond acceptors (Lipinski definition) is 5. The number of carbonyl (C=O) groups is 2. The van der Waals surface area contributed by atoms with E-state index in [0.717, 1.165) is 11.3 Å². The van der Waals surface area contributed by atoms with Crippen LogP contribution in [0.15, 0.2) is 5.38 Å². The Morgan fingerprint density at radius 1 is 1.61 bits per heavy atom. The molecule has 1 amide bonds. The highest BCUT2D eigenvalue weighted by Crippen LogP contribution is 2.19. The van der Waals surface area contributed by atoms with Crippen LogP contribution in [0.2, 0.25) is 0 Å². The maximum Gasteiger partial charge on any atom is 0.408 e. The van der Waals surface area contributed by atoms with Crippen molar-refractivity contribution >= 4 is 23.7 Å². The lowest BCUT2D eigenvalue weighted by Crippen LogP contribution is -2.35. The third kappa shape index (κ3) is 4.83. The fourth-order valence-electron chi connectivity index (χ4n) is 1.34. The summed E-state index contributed by atoms with van der Waals surface area (Å²) in [5.41, 5.74) is 0.129. The first kappa shape index (κ1) is 14.6. The van der Waals surface area contributed by atoms with Gasteiger partial charge < -0.3 is 14.8 Å². The van der Waals surface area contributed by atoms with Crippen LogP contribution in [0.4, 0.5) is 4.79 Å². The summed E-state index contributed by atoms with van der Waals surface area (Å²) in [6.07, 6.45) is 0.402. The van der Waals surface area contributed by atoms with Crippen LogP contribution in [0, 0.1) is 6.92 Å². The Morgan fingerprint density at radius 2 is 2.28 bits per heavy atom. The van der Waals surface area contributed by atoms with E-state index in [4.69, 9.17) is 4.74 Å². The van der Waals surface area contributed by atoms with Crippen molar-refractivity contribution in [3.8, 4) is 0 Å². The Balaban J connectivity index is 2.69. The summed E-state index contributed by atoms with van der Waals surface area (Å²) in [6.45, 7) is 7.23. The number of hydrogen-bond donors (Lipinski definition) is 1. The van der Waals surface area contributed by atoms with Crippen molar-refractivity contribution in [3.63, 3.8) is 0 Å². The summed E-state index contributed by atoms with van der Waals surface area (Å²) in [4.78, 5) is 26.6. The molecule has 100 valence electrons. The zero-order chi connectivity index (χ0) is 13.8.